The van der Waals surface area contributed by atoms with Crippen molar-refractivity contribution in [2.24, 2.45) is 0 Å². The normalized spacial score (nSPS) is 12.4. The van der Waals surface area contributed by atoms with Gasteiger partial charge in [0.2, 0.25) is 0 Å². The molecule has 0 saturated heterocycles. The highest BCUT2D eigenvalue weighted by atomic mass is 32.2. The Kier molecular flexibility index (Phi) is 4.18. The Labute approximate surface area is 106 Å². The lowest BCUT2D eigenvalue weighted by atomic mass is 10.1. The molecule has 0 amide bonds. The van der Waals surface area contributed by atoms with Crippen LogP contribution in [0.5, 0.6) is 0 Å². The van der Waals surface area contributed by atoms with Crippen LogP contribution >= 0.6 is 11.8 Å². The summed E-state index contributed by atoms with van der Waals surface area (Å²) in [7, 11) is 0. The molecule has 0 unspecified atom stereocenters. The SMILES string of the molecule is CC[C@@H](O)c1ccc(Sc2ccccn2)cc1. The number of aliphatic hydroxyl groups excluding tert-OH is 1. The zero-order valence-corrected chi connectivity index (χ0v) is 10.5. The Balaban J connectivity index is 2.08. The van der Waals surface area contributed by atoms with Gasteiger partial charge in [0.05, 0.1) is 6.10 Å². The molecule has 1 N–H and O–H groups in total. The van der Waals surface area contributed by atoms with Gasteiger partial charge in [-0.05, 0) is 36.2 Å². The highest BCUT2D eigenvalue weighted by Gasteiger charge is 2.04. The number of rotatable bonds is 4. The van der Waals surface area contributed by atoms with E-state index in [0.717, 1.165) is 21.9 Å². The molecule has 88 valence electrons. The first-order valence-corrected chi connectivity index (χ1v) is 6.48. The van der Waals surface area contributed by atoms with E-state index >= 15 is 0 Å². The van der Waals surface area contributed by atoms with Crippen LogP contribution in [0.15, 0.2) is 58.6 Å². The van der Waals surface area contributed by atoms with E-state index in [1.165, 1.54) is 0 Å². The van der Waals surface area contributed by atoms with E-state index < -0.39 is 0 Å². The van der Waals surface area contributed by atoms with Crippen LogP contribution < -0.4 is 0 Å². The Bertz CT molecular complexity index is 455. The van der Waals surface area contributed by atoms with Crippen LogP contribution in [0.3, 0.4) is 0 Å². The molecule has 2 aromatic rings. The number of hydrogen-bond acceptors (Lipinski definition) is 3. The number of benzene rings is 1. The number of hydrogen-bond donors (Lipinski definition) is 1. The Morgan fingerprint density at radius 3 is 2.53 bits per heavy atom. The molecule has 0 aliphatic carbocycles. The molecule has 2 rings (SSSR count). The lowest BCUT2D eigenvalue weighted by Gasteiger charge is -2.08. The monoisotopic (exact) mass is 245 g/mol. The zero-order chi connectivity index (χ0) is 12.1. The minimum atomic E-state index is -0.357. The summed E-state index contributed by atoms with van der Waals surface area (Å²) in [5.74, 6) is 0. The average molecular weight is 245 g/mol. The van der Waals surface area contributed by atoms with Gasteiger partial charge < -0.3 is 5.11 Å². The van der Waals surface area contributed by atoms with Crippen molar-refractivity contribution in [3.63, 3.8) is 0 Å². The molecule has 1 heterocycles. The van der Waals surface area contributed by atoms with Gasteiger partial charge in [-0.2, -0.15) is 0 Å². The fraction of sp³-hybridized carbons (Fsp3) is 0.214. The summed E-state index contributed by atoms with van der Waals surface area (Å²) >= 11 is 1.62. The summed E-state index contributed by atoms with van der Waals surface area (Å²) in [5, 5.41) is 10.7. The van der Waals surface area contributed by atoms with Gasteiger partial charge in [-0.15, -0.1) is 0 Å². The summed E-state index contributed by atoms with van der Waals surface area (Å²) in [5.41, 5.74) is 0.970. The van der Waals surface area contributed by atoms with Gasteiger partial charge in [-0.25, -0.2) is 4.98 Å². The number of pyridine rings is 1. The van der Waals surface area contributed by atoms with E-state index in [1.807, 2.05) is 49.4 Å². The third-order valence-electron chi connectivity index (χ3n) is 2.51. The minimum absolute atomic E-state index is 0.357. The van der Waals surface area contributed by atoms with Crippen molar-refractivity contribution in [3.8, 4) is 0 Å². The van der Waals surface area contributed by atoms with Gasteiger partial charge in [-0.3, -0.25) is 0 Å². The summed E-state index contributed by atoms with van der Waals surface area (Å²) < 4.78 is 0. The summed E-state index contributed by atoms with van der Waals surface area (Å²) in [6.45, 7) is 1.97. The lowest BCUT2D eigenvalue weighted by Crippen LogP contribution is -1.94. The van der Waals surface area contributed by atoms with Gasteiger partial charge >= 0.3 is 0 Å². The molecule has 3 heteroatoms. The summed E-state index contributed by atoms with van der Waals surface area (Å²) in [6.07, 6.45) is 2.17. The largest absolute Gasteiger partial charge is 0.388 e. The van der Waals surface area contributed by atoms with Crippen LogP contribution in [0.4, 0.5) is 0 Å². The topological polar surface area (TPSA) is 33.1 Å². The van der Waals surface area contributed by atoms with E-state index in [4.69, 9.17) is 0 Å². The molecule has 1 aromatic carbocycles. The maximum absolute atomic E-state index is 9.69. The molecular weight excluding hydrogens is 230 g/mol. The smallest absolute Gasteiger partial charge is 0.101 e. The fourth-order valence-corrected chi connectivity index (χ4v) is 2.30. The third-order valence-corrected chi connectivity index (χ3v) is 3.47. The Morgan fingerprint density at radius 1 is 1.18 bits per heavy atom. The Morgan fingerprint density at radius 2 is 1.94 bits per heavy atom. The van der Waals surface area contributed by atoms with E-state index in [9.17, 15) is 5.11 Å². The fourth-order valence-electron chi connectivity index (χ4n) is 1.52. The number of aromatic nitrogens is 1. The van der Waals surface area contributed by atoms with Crippen LogP contribution in [0.1, 0.15) is 25.0 Å². The maximum atomic E-state index is 9.69. The summed E-state index contributed by atoms with van der Waals surface area (Å²) in [4.78, 5) is 5.40. The Hall–Kier alpha value is -1.32. The molecule has 1 atom stereocenters. The van der Waals surface area contributed by atoms with Gasteiger partial charge in [0.25, 0.3) is 0 Å². The average Bonchev–Trinajstić information content (AvgIpc) is 2.40. The van der Waals surface area contributed by atoms with Crippen molar-refractivity contribution in [1.82, 2.24) is 4.98 Å². The minimum Gasteiger partial charge on any atom is -0.388 e. The molecular formula is C14H15NOS. The van der Waals surface area contributed by atoms with Gasteiger partial charge in [0.1, 0.15) is 5.03 Å². The molecule has 0 aliphatic heterocycles. The van der Waals surface area contributed by atoms with Crippen molar-refractivity contribution < 1.29 is 5.11 Å². The molecule has 0 saturated carbocycles. The third kappa shape index (κ3) is 3.32. The first kappa shape index (κ1) is 12.1. The van der Waals surface area contributed by atoms with Gasteiger partial charge in [0.15, 0.2) is 0 Å². The molecule has 0 spiro atoms. The molecule has 17 heavy (non-hydrogen) atoms. The van der Waals surface area contributed by atoms with Crippen molar-refractivity contribution in [1.29, 1.82) is 0 Å². The number of nitrogens with zero attached hydrogens (tertiary/aromatic N) is 1. The number of aliphatic hydroxyl groups is 1. The van der Waals surface area contributed by atoms with Crippen LogP contribution in [0.2, 0.25) is 0 Å². The highest BCUT2D eigenvalue weighted by molar-refractivity contribution is 7.99. The first-order valence-electron chi connectivity index (χ1n) is 5.66. The van der Waals surface area contributed by atoms with Crippen molar-refractivity contribution in [2.75, 3.05) is 0 Å². The van der Waals surface area contributed by atoms with E-state index in [0.29, 0.717) is 0 Å². The van der Waals surface area contributed by atoms with E-state index in [-0.39, 0.29) is 6.10 Å². The van der Waals surface area contributed by atoms with Crippen LogP contribution in [0, 0.1) is 0 Å². The predicted octanol–water partition coefficient (Wildman–Crippen LogP) is 3.68. The standard InChI is InChI=1S/C14H15NOS/c1-2-13(16)11-6-8-12(9-7-11)17-14-5-3-4-10-15-14/h3-10,13,16H,2H2,1H3/t13-/m1/s1. The van der Waals surface area contributed by atoms with E-state index in [2.05, 4.69) is 4.98 Å². The van der Waals surface area contributed by atoms with Crippen molar-refractivity contribution in [2.45, 2.75) is 29.4 Å². The first-order chi connectivity index (χ1) is 8.29. The molecule has 0 bridgehead atoms. The second-order valence-corrected chi connectivity index (χ2v) is 4.86. The van der Waals surface area contributed by atoms with Gasteiger partial charge in [0, 0.05) is 11.1 Å². The van der Waals surface area contributed by atoms with Crippen LogP contribution in [0.25, 0.3) is 0 Å². The second kappa shape index (κ2) is 5.84. The molecule has 1 aromatic heterocycles. The molecule has 0 aliphatic rings. The molecule has 0 radical (unpaired) electrons. The molecule has 0 fully saturated rings. The summed E-state index contributed by atoms with van der Waals surface area (Å²) in [6, 6.07) is 13.9. The predicted molar refractivity (Wildman–Crippen MR) is 70.1 cm³/mol. The zero-order valence-electron chi connectivity index (χ0n) is 9.71. The second-order valence-electron chi connectivity index (χ2n) is 3.76. The van der Waals surface area contributed by atoms with Crippen LogP contribution in [-0.4, -0.2) is 10.1 Å². The van der Waals surface area contributed by atoms with Gasteiger partial charge in [-0.1, -0.05) is 36.9 Å². The van der Waals surface area contributed by atoms with E-state index in [1.54, 1.807) is 18.0 Å². The quantitative estimate of drug-likeness (QED) is 0.892. The van der Waals surface area contributed by atoms with Crippen molar-refractivity contribution in [3.05, 3.63) is 54.2 Å². The lowest BCUT2D eigenvalue weighted by molar-refractivity contribution is 0.173. The maximum Gasteiger partial charge on any atom is 0.101 e. The molecule has 2 nitrogen and oxygen atoms in total. The highest BCUT2D eigenvalue weighted by Crippen LogP contribution is 2.27. The van der Waals surface area contributed by atoms with Crippen molar-refractivity contribution >= 4 is 11.8 Å². The van der Waals surface area contributed by atoms with Crippen LogP contribution in [-0.2, 0) is 0 Å².